The predicted molar refractivity (Wildman–Crippen MR) is 49.6 cm³/mol. The number of nitrogens with zero attached hydrogens (tertiary/aromatic N) is 1. The summed E-state index contributed by atoms with van der Waals surface area (Å²) in [5.74, 6) is -0.393. The maximum atomic E-state index is 11.2. The Hall–Kier alpha value is -0.843. The van der Waals surface area contributed by atoms with Gasteiger partial charge >= 0.3 is 5.97 Å². The van der Waals surface area contributed by atoms with Crippen LogP contribution in [0.4, 0.5) is 0 Å². The van der Waals surface area contributed by atoms with Crippen molar-refractivity contribution in [3.8, 4) is 0 Å². The van der Waals surface area contributed by atoms with Crippen molar-refractivity contribution in [3.05, 3.63) is 0 Å². The zero-order valence-electron chi connectivity index (χ0n) is 8.17. The molecule has 0 aromatic heterocycles. The Morgan fingerprint density at radius 3 is 2.17 bits per heavy atom. The minimum atomic E-state index is -1.80. The van der Waals surface area contributed by atoms with E-state index < -0.39 is 14.3 Å². The van der Waals surface area contributed by atoms with Crippen molar-refractivity contribution >= 4 is 20.0 Å². The van der Waals surface area contributed by atoms with Crippen LogP contribution in [-0.4, -0.2) is 27.1 Å². The van der Waals surface area contributed by atoms with Crippen molar-refractivity contribution < 1.29 is 14.1 Å². The van der Waals surface area contributed by atoms with E-state index in [9.17, 15) is 4.79 Å². The van der Waals surface area contributed by atoms with Gasteiger partial charge in [0, 0.05) is 0 Å². The first kappa shape index (κ1) is 11.2. The van der Waals surface area contributed by atoms with Crippen molar-refractivity contribution in [2.45, 2.75) is 26.6 Å². The molecule has 0 N–H and O–H groups in total. The Bertz CT molecular complexity index is 195. The fourth-order valence-electron chi connectivity index (χ4n) is 0.526. The highest BCUT2D eigenvalue weighted by molar-refractivity contribution is 6.72. The Morgan fingerprint density at radius 1 is 1.33 bits per heavy atom. The monoisotopic (exact) mass is 189 g/mol. The highest BCUT2D eigenvalue weighted by Gasteiger charge is 2.21. The molecule has 5 heteroatoms. The molecule has 0 aliphatic heterocycles. The van der Waals surface area contributed by atoms with Crippen LogP contribution in [0.1, 0.15) is 6.92 Å². The Kier molecular flexibility index (Phi) is 3.95. The molecule has 0 saturated heterocycles. The lowest BCUT2D eigenvalue weighted by atomic mass is 10.4. The van der Waals surface area contributed by atoms with Gasteiger partial charge in [-0.25, -0.2) is 4.79 Å². The van der Waals surface area contributed by atoms with Gasteiger partial charge in [-0.1, -0.05) is 5.16 Å². The molecule has 12 heavy (non-hydrogen) atoms. The third-order valence-electron chi connectivity index (χ3n) is 0.923. The lowest BCUT2D eigenvalue weighted by Crippen LogP contribution is -2.32. The number of carbonyl (C=O) groups excluding carboxylic acids is 1. The summed E-state index contributed by atoms with van der Waals surface area (Å²) in [5.41, 5.74) is 0.250. The minimum Gasteiger partial charge on any atom is -0.515 e. The second-order valence-corrected chi connectivity index (χ2v) is 7.79. The Balaban J connectivity index is 4.15. The minimum absolute atomic E-state index is 0.250. The molecule has 0 rings (SSSR count). The first-order chi connectivity index (χ1) is 5.37. The molecular formula is C7H15NO3Si. The molecule has 0 atom stereocenters. The van der Waals surface area contributed by atoms with Gasteiger partial charge in [0.25, 0.3) is 0 Å². The summed E-state index contributed by atoms with van der Waals surface area (Å²) in [5, 5.41) is 3.47. The molecule has 0 aromatic carbocycles. The standard InChI is InChI=1S/C7H15NO3Si/c1-6(8-10-2)7(9)11-12(3,4)5/h1-5H3/b8-6+. The molecule has 0 radical (unpaired) electrons. The zero-order valence-corrected chi connectivity index (χ0v) is 9.17. The molecule has 0 spiro atoms. The average Bonchev–Trinajstić information content (AvgIpc) is 1.84. The molecule has 0 saturated carbocycles. The van der Waals surface area contributed by atoms with E-state index in [4.69, 9.17) is 4.43 Å². The molecule has 70 valence electrons. The number of carbonyl (C=O) groups is 1. The number of oxime groups is 1. The van der Waals surface area contributed by atoms with Crippen LogP contribution in [0.15, 0.2) is 5.16 Å². The largest absolute Gasteiger partial charge is 0.515 e. The summed E-state index contributed by atoms with van der Waals surface area (Å²) >= 11 is 0. The molecule has 0 unspecified atom stereocenters. The molecular weight excluding hydrogens is 174 g/mol. The van der Waals surface area contributed by atoms with E-state index in [1.54, 1.807) is 6.92 Å². The average molecular weight is 189 g/mol. The first-order valence-corrected chi connectivity index (χ1v) is 7.09. The topological polar surface area (TPSA) is 47.9 Å². The molecule has 0 amide bonds. The van der Waals surface area contributed by atoms with Gasteiger partial charge in [0.15, 0.2) is 5.71 Å². The summed E-state index contributed by atoms with van der Waals surface area (Å²) in [7, 11) is -0.404. The van der Waals surface area contributed by atoms with Gasteiger partial charge in [-0.05, 0) is 26.6 Å². The van der Waals surface area contributed by atoms with Gasteiger partial charge in [0.1, 0.15) is 7.11 Å². The van der Waals surface area contributed by atoms with Crippen LogP contribution in [0, 0.1) is 0 Å². The molecule has 0 bridgehead atoms. The van der Waals surface area contributed by atoms with Gasteiger partial charge in [0.2, 0.25) is 8.32 Å². The highest BCUT2D eigenvalue weighted by Crippen LogP contribution is 2.03. The molecule has 0 fully saturated rings. The summed E-state index contributed by atoms with van der Waals surface area (Å²) in [6.45, 7) is 7.37. The van der Waals surface area contributed by atoms with Crippen LogP contribution >= 0.6 is 0 Å². The maximum absolute atomic E-state index is 11.2. The SMILES string of the molecule is CO/N=C(\C)C(=O)O[Si](C)(C)C. The van der Waals surface area contributed by atoms with Crippen molar-refractivity contribution in [1.29, 1.82) is 0 Å². The quantitative estimate of drug-likeness (QED) is 0.383. The van der Waals surface area contributed by atoms with Gasteiger partial charge in [-0.3, -0.25) is 0 Å². The number of hydrogen-bond acceptors (Lipinski definition) is 4. The Morgan fingerprint density at radius 2 is 1.83 bits per heavy atom. The molecule has 0 aliphatic carbocycles. The summed E-state index contributed by atoms with van der Waals surface area (Å²) in [6.07, 6.45) is 0. The van der Waals surface area contributed by atoms with Crippen LogP contribution in [0.5, 0.6) is 0 Å². The Labute approximate surface area is 73.7 Å². The van der Waals surface area contributed by atoms with Crippen molar-refractivity contribution in [2.75, 3.05) is 7.11 Å². The van der Waals surface area contributed by atoms with Gasteiger partial charge in [0.05, 0.1) is 0 Å². The van der Waals surface area contributed by atoms with Crippen LogP contribution in [-0.2, 0) is 14.1 Å². The second-order valence-electron chi connectivity index (χ2n) is 3.36. The lowest BCUT2D eigenvalue weighted by molar-refractivity contribution is -0.127. The summed E-state index contributed by atoms with van der Waals surface area (Å²) in [6, 6.07) is 0. The molecule has 0 aliphatic rings. The van der Waals surface area contributed by atoms with Crippen LogP contribution in [0.25, 0.3) is 0 Å². The fraction of sp³-hybridized carbons (Fsp3) is 0.714. The zero-order chi connectivity index (χ0) is 9.78. The van der Waals surface area contributed by atoms with E-state index in [0.717, 1.165) is 0 Å². The first-order valence-electron chi connectivity index (χ1n) is 3.68. The highest BCUT2D eigenvalue weighted by atomic mass is 28.4. The van der Waals surface area contributed by atoms with E-state index in [0.29, 0.717) is 0 Å². The molecule has 4 nitrogen and oxygen atoms in total. The van der Waals surface area contributed by atoms with Crippen molar-refractivity contribution in [1.82, 2.24) is 0 Å². The normalized spacial score (nSPS) is 12.6. The van der Waals surface area contributed by atoms with E-state index in [2.05, 4.69) is 9.99 Å². The second kappa shape index (κ2) is 4.25. The van der Waals surface area contributed by atoms with E-state index >= 15 is 0 Å². The molecule has 0 aromatic rings. The van der Waals surface area contributed by atoms with Crippen LogP contribution in [0.2, 0.25) is 19.6 Å². The number of rotatable bonds is 3. The van der Waals surface area contributed by atoms with Crippen molar-refractivity contribution in [3.63, 3.8) is 0 Å². The predicted octanol–water partition coefficient (Wildman–Crippen LogP) is 1.39. The van der Waals surface area contributed by atoms with Crippen molar-refractivity contribution in [2.24, 2.45) is 5.16 Å². The fourth-order valence-corrected chi connectivity index (χ4v) is 1.23. The van der Waals surface area contributed by atoms with E-state index in [1.165, 1.54) is 7.11 Å². The van der Waals surface area contributed by atoms with Crippen LogP contribution in [0.3, 0.4) is 0 Å². The smallest absolute Gasteiger partial charge is 0.342 e. The van der Waals surface area contributed by atoms with Crippen LogP contribution < -0.4 is 0 Å². The van der Waals surface area contributed by atoms with E-state index in [1.807, 2.05) is 19.6 Å². The van der Waals surface area contributed by atoms with Gasteiger partial charge in [-0.15, -0.1) is 0 Å². The third kappa shape index (κ3) is 4.89. The van der Waals surface area contributed by atoms with E-state index in [-0.39, 0.29) is 5.71 Å². The lowest BCUT2D eigenvalue weighted by Gasteiger charge is -2.16. The van der Waals surface area contributed by atoms with Gasteiger partial charge in [-0.2, -0.15) is 0 Å². The number of hydrogen-bond donors (Lipinski definition) is 0. The van der Waals surface area contributed by atoms with Gasteiger partial charge < -0.3 is 9.26 Å². The molecule has 0 heterocycles. The summed E-state index contributed by atoms with van der Waals surface area (Å²) in [4.78, 5) is 15.6. The third-order valence-corrected chi connectivity index (χ3v) is 1.72. The maximum Gasteiger partial charge on any atom is 0.342 e. The summed E-state index contributed by atoms with van der Waals surface area (Å²) < 4.78 is 5.14.